The van der Waals surface area contributed by atoms with Crippen molar-refractivity contribution in [2.24, 2.45) is 4.99 Å². The van der Waals surface area contributed by atoms with Crippen LogP contribution in [0, 0.1) is 0 Å². The van der Waals surface area contributed by atoms with E-state index in [-0.39, 0.29) is 5.91 Å². The predicted molar refractivity (Wildman–Crippen MR) is 146 cm³/mol. The minimum Gasteiger partial charge on any atom is -0.368 e. The predicted octanol–water partition coefficient (Wildman–Crippen LogP) is 5.09. The smallest absolute Gasteiger partial charge is 0.251 e. The molecule has 0 spiro atoms. The van der Waals surface area contributed by atoms with Gasteiger partial charge in [-0.1, -0.05) is 47.8 Å². The highest BCUT2D eigenvalue weighted by molar-refractivity contribution is 6.33. The van der Waals surface area contributed by atoms with Gasteiger partial charge in [-0.3, -0.25) is 14.7 Å². The Balaban J connectivity index is 1.31. The molecule has 4 rings (SSSR count). The summed E-state index contributed by atoms with van der Waals surface area (Å²) < 4.78 is 0. The van der Waals surface area contributed by atoms with E-state index in [1.165, 1.54) is 0 Å². The standard InChI is InChI=1S/C26H30Cl3N5O/c1-2-19(26(35)34-12-10-33(11-13-34)23-5-3-4-21(27)15-23)16-31-25-18-32(9-8-30-25)17-20-14-22(28)6-7-24(20)29/h3-7,14-16H,2,8-13,17-18H2,1H3,(H,30,31)/b19-16+. The number of anilines is 1. The molecule has 2 aliphatic heterocycles. The van der Waals surface area contributed by atoms with Crippen LogP contribution in [-0.2, 0) is 11.3 Å². The SMILES string of the molecule is CC/C(=C\NC1=NCCN(Cc2cc(Cl)ccc2Cl)C1)C(=O)N1CCN(c2cccc(Cl)c2)CC1. The van der Waals surface area contributed by atoms with Crippen molar-refractivity contribution >= 4 is 52.2 Å². The molecule has 186 valence electrons. The number of rotatable bonds is 6. The first kappa shape index (κ1) is 25.8. The molecular formula is C26H30Cl3N5O. The molecule has 0 aromatic heterocycles. The Labute approximate surface area is 222 Å². The van der Waals surface area contributed by atoms with E-state index in [0.717, 1.165) is 47.3 Å². The van der Waals surface area contributed by atoms with Gasteiger partial charge in [0.1, 0.15) is 5.84 Å². The summed E-state index contributed by atoms with van der Waals surface area (Å²) in [6, 6.07) is 13.4. The molecule has 0 radical (unpaired) electrons. The molecule has 0 aliphatic carbocycles. The molecule has 35 heavy (non-hydrogen) atoms. The van der Waals surface area contributed by atoms with Crippen LogP contribution in [-0.4, -0.2) is 67.4 Å². The van der Waals surface area contributed by atoms with Gasteiger partial charge < -0.3 is 15.1 Å². The van der Waals surface area contributed by atoms with Crippen LogP contribution in [0.2, 0.25) is 15.1 Å². The van der Waals surface area contributed by atoms with Gasteiger partial charge in [0, 0.05) is 71.8 Å². The van der Waals surface area contributed by atoms with Crippen LogP contribution < -0.4 is 10.2 Å². The third-order valence-corrected chi connectivity index (χ3v) is 7.14. The average Bonchev–Trinajstić information content (AvgIpc) is 2.87. The summed E-state index contributed by atoms with van der Waals surface area (Å²) in [5, 5.41) is 5.40. The van der Waals surface area contributed by atoms with E-state index in [9.17, 15) is 4.79 Å². The second-order valence-electron chi connectivity index (χ2n) is 8.70. The summed E-state index contributed by atoms with van der Waals surface area (Å²) in [6.45, 7) is 7.81. The van der Waals surface area contributed by atoms with E-state index in [4.69, 9.17) is 34.8 Å². The van der Waals surface area contributed by atoms with E-state index < -0.39 is 0 Å². The zero-order valence-corrected chi connectivity index (χ0v) is 22.1. The van der Waals surface area contributed by atoms with E-state index in [1.807, 2.05) is 48.4 Å². The molecule has 0 saturated carbocycles. The van der Waals surface area contributed by atoms with Gasteiger partial charge in [0.05, 0.1) is 13.1 Å². The molecule has 0 atom stereocenters. The number of hydrogen-bond acceptors (Lipinski definition) is 5. The van der Waals surface area contributed by atoms with E-state index in [1.54, 1.807) is 6.07 Å². The van der Waals surface area contributed by atoms with Crippen LogP contribution in [0.25, 0.3) is 0 Å². The zero-order valence-electron chi connectivity index (χ0n) is 19.8. The molecular weight excluding hydrogens is 505 g/mol. The number of nitrogens with one attached hydrogen (secondary N) is 1. The lowest BCUT2D eigenvalue weighted by Gasteiger charge is -2.36. The van der Waals surface area contributed by atoms with Crippen molar-refractivity contribution in [3.05, 3.63) is 74.9 Å². The highest BCUT2D eigenvalue weighted by Gasteiger charge is 2.23. The lowest BCUT2D eigenvalue weighted by molar-refractivity contribution is -0.127. The van der Waals surface area contributed by atoms with Crippen LogP contribution in [0.15, 0.2) is 59.2 Å². The number of aliphatic imine (C=N–C) groups is 1. The first-order valence-electron chi connectivity index (χ1n) is 11.9. The highest BCUT2D eigenvalue weighted by Crippen LogP contribution is 2.23. The van der Waals surface area contributed by atoms with Crippen molar-refractivity contribution in [1.82, 2.24) is 15.1 Å². The fourth-order valence-electron chi connectivity index (χ4n) is 4.33. The van der Waals surface area contributed by atoms with Gasteiger partial charge in [-0.05, 0) is 48.4 Å². The molecule has 2 aliphatic rings. The van der Waals surface area contributed by atoms with Crippen molar-refractivity contribution in [1.29, 1.82) is 0 Å². The van der Waals surface area contributed by atoms with Crippen LogP contribution in [0.1, 0.15) is 18.9 Å². The molecule has 0 bridgehead atoms. The van der Waals surface area contributed by atoms with Crippen LogP contribution in [0.4, 0.5) is 5.69 Å². The zero-order chi connectivity index (χ0) is 24.8. The Hall–Kier alpha value is -2.25. The van der Waals surface area contributed by atoms with Crippen molar-refractivity contribution in [3.8, 4) is 0 Å². The number of halogens is 3. The molecule has 2 aromatic carbocycles. The van der Waals surface area contributed by atoms with Gasteiger partial charge in [0.15, 0.2) is 0 Å². The largest absolute Gasteiger partial charge is 0.368 e. The Bertz CT molecular complexity index is 1110. The molecule has 6 nitrogen and oxygen atoms in total. The first-order chi connectivity index (χ1) is 16.9. The second-order valence-corrected chi connectivity index (χ2v) is 9.98. The number of hydrogen-bond donors (Lipinski definition) is 1. The van der Waals surface area contributed by atoms with Crippen LogP contribution in [0.5, 0.6) is 0 Å². The molecule has 9 heteroatoms. The highest BCUT2D eigenvalue weighted by atomic mass is 35.5. The lowest BCUT2D eigenvalue weighted by Crippen LogP contribution is -2.49. The van der Waals surface area contributed by atoms with Gasteiger partial charge in [-0.15, -0.1) is 0 Å². The van der Waals surface area contributed by atoms with Gasteiger partial charge in [-0.25, -0.2) is 0 Å². The maximum Gasteiger partial charge on any atom is 0.251 e. The van der Waals surface area contributed by atoms with Gasteiger partial charge in [0.2, 0.25) is 0 Å². The first-order valence-corrected chi connectivity index (χ1v) is 13.0. The van der Waals surface area contributed by atoms with E-state index in [2.05, 4.69) is 26.2 Å². The number of amidine groups is 1. The van der Waals surface area contributed by atoms with Gasteiger partial charge in [-0.2, -0.15) is 0 Å². The summed E-state index contributed by atoms with van der Waals surface area (Å²) in [5.74, 6) is 0.920. The summed E-state index contributed by atoms with van der Waals surface area (Å²) in [4.78, 5) is 24.2. The maximum absolute atomic E-state index is 13.2. The molecule has 1 N–H and O–H groups in total. The number of carbonyl (C=O) groups excluding carboxylic acids is 1. The maximum atomic E-state index is 13.2. The molecule has 1 amide bonds. The Kier molecular flexibility index (Phi) is 8.95. The van der Waals surface area contributed by atoms with Gasteiger partial charge in [0.25, 0.3) is 5.91 Å². The Morgan fingerprint density at radius 1 is 1.03 bits per heavy atom. The Morgan fingerprint density at radius 3 is 2.54 bits per heavy atom. The molecule has 0 unspecified atom stereocenters. The topological polar surface area (TPSA) is 51.2 Å². The fourth-order valence-corrected chi connectivity index (χ4v) is 4.88. The van der Waals surface area contributed by atoms with Gasteiger partial charge >= 0.3 is 0 Å². The van der Waals surface area contributed by atoms with E-state index in [0.29, 0.717) is 49.2 Å². The number of nitrogens with zero attached hydrogens (tertiary/aromatic N) is 4. The summed E-state index contributed by atoms with van der Waals surface area (Å²) in [5.41, 5.74) is 2.84. The normalized spacial score (nSPS) is 17.4. The molecule has 1 saturated heterocycles. The number of piperazine rings is 1. The quantitative estimate of drug-likeness (QED) is 0.524. The minimum atomic E-state index is 0.0738. The molecule has 2 aromatic rings. The number of carbonyl (C=O) groups is 1. The number of amides is 1. The summed E-state index contributed by atoms with van der Waals surface area (Å²) >= 11 is 18.6. The molecule has 2 heterocycles. The number of benzene rings is 2. The summed E-state index contributed by atoms with van der Waals surface area (Å²) in [6.07, 6.45) is 2.47. The average molecular weight is 535 g/mol. The molecule has 1 fully saturated rings. The van der Waals surface area contributed by atoms with Crippen molar-refractivity contribution in [2.75, 3.05) is 50.7 Å². The third-order valence-electron chi connectivity index (χ3n) is 6.30. The monoisotopic (exact) mass is 533 g/mol. The van der Waals surface area contributed by atoms with Crippen LogP contribution in [0.3, 0.4) is 0 Å². The minimum absolute atomic E-state index is 0.0738. The van der Waals surface area contributed by atoms with E-state index >= 15 is 0 Å². The fraction of sp³-hybridized carbons (Fsp3) is 0.385. The Morgan fingerprint density at radius 2 is 1.80 bits per heavy atom. The van der Waals surface area contributed by atoms with Crippen molar-refractivity contribution in [2.45, 2.75) is 19.9 Å². The summed E-state index contributed by atoms with van der Waals surface area (Å²) in [7, 11) is 0. The second kappa shape index (κ2) is 12.1. The third kappa shape index (κ3) is 6.91. The van der Waals surface area contributed by atoms with Crippen molar-refractivity contribution < 1.29 is 4.79 Å². The lowest BCUT2D eigenvalue weighted by atomic mass is 10.1. The van der Waals surface area contributed by atoms with Crippen molar-refractivity contribution in [3.63, 3.8) is 0 Å². The van der Waals surface area contributed by atoms with Crippen LogP contribution >= 0.6 is 34.8 Å².